The van der Waals surface area contributed by atoms with E-state index in [0.29, 0.717) is 0 Å². The third-order valence-corrected chi connectivity index (χ3v) is 2.38. The van der Waals surface area contributed by atoms with E-state index >= 15 is 0 Å². The van der Waals surface area contributed by atoms with Gasteiger partial charge in [0.1, 0.15) is 0 Å². The zero-order chi connectivity index (χ0) is 10.6. The first-order valence-electron chi connectivity index (χ1n) is 4.62. The third-order valence-electron chi connectivity index (χ3n) is 2.38. The number of aliphatic carboxylic acids is 1. The molecule has 14 heavy (non-hydrogen) atoms. The molecule has 0 aliphatic carbocycles. The van der Waals surface area contributed by atoms with E-state index in [0.717, 1.165) is 24.1 Å². The number of carbonyl (C=O) groups is 1. The molecule has 0 aromatic carbocycles. The van der Waals surface area contributed by atoms with E-state index in [1.165, 1.54) is 0 Å². The molecular weight excluding hydrogens is 178 g/mol. The molecule has 1 atom stereocenters. The average Bonchev–Trinajstić information content (AvgIpc) is 2.16. The first-order chi connectivity index (χ1) is 6.69. The van der Waals surface area contributed by atoms with E-state index in [4.69, 9.17) is 5.11 Å². The van der Waals surface area contributed by atoms with Crippen molar-refractivity contribution in [1.82, 2.24) is 5.32 Å². The van der Waals surface area contributed by atoms with Gasteiger partial charge >= 0.3 is 5.97 Å². The molecule has 76 valence electrons. The topological polar surface area (TPSA) is 49.3 Å². The van der Waals surface area contributed by atoms with Gasteiger partial charge in [0, 0.05) is 6.04 Å². The van der Waals surface area contributed by atoms with Gasteiger partial charge in [-0.2, -0.15) is 0 Å². The normalized spacial score (nSPS) is 21.9. The van der Waals surface area contributed by atoms with Gasteiger partial charge in [-0.05, 0) is 24.1 Å². The van der Waals surface area contributed by atoms with Gasteiger partial charge in [0.05, 0.1) is 6.42 Å². The number of hydrogen-bond acceptors (Lipinski definition) is 2. The van der Waals surface area contributed by atoms with E-state index in [1.807, 2.05) is 0 Å². The summed E-state index contributed by atoms with van der Waals surface area (Å²) < 4.78 is 0. The zero-order valence-corrected chi connectivity index (χ0v) is 8.12. The minimum Gasteiger partial charge on any atom is -0.481 e. The van der Waals surface area contributed by atoms with Crippen LogP contribution in [-0.4, -0.2) is 23.7 Å². The SMILES string of the molecule is C=CC1=C(C=C)C(CC(=O)O)NCC1. The lowest BCUT2D eigenvalue weighted by Crippen LogP contribution is -2.37. The largest absolute Gasteiger partial charge is 0.481 e. The van der Waals surface area contributed by atoms with Crippen LogP contribution in [0.25, 0.3) is 0 Å². The molecule has 3 heteroatoms. The van der Waals surface area contributed by atoms with Crippen LogP contribution in [0, 0.1) is 0 Å². The van der Waals surface area contributed by atoms with Gasteiger partial charge in [-0.25, -0.2) is 0 Å². The molecule has 1 rings (SSSR count). The van der Waals surface area contributed by atoms with Crippen molar-refractivity contribution in [3.8, 4) is 0 Å². The third kappa shape index (κ3) is 2.33. The first kappa shape index (κ1) is 10.7. The molecule has 0 spiro atoms. The second-order valence-electron chi connectivity index (χ2n) is 3.24. The molecular formula is C11H15NO2. The molecule has 3 nitrogen and oxygen atoms in total. The molecule has 0 saturated carbocycles. The van der Waals surface area contributed by atoms with Gasteiger partial charge in [0.2, 0.25) is 0 Å². The number of allylic oxidation sites excluding steroid dienone is 1. The monoisotopic (exact) mass is 193 g/mol. The Morgan fingerprint density at radius 3 is 2.79 bits per heavy atom. The van der Waals surface area contributed by atoms with E-state index in [1.54, 1.807) is 12.2 Å². The Labute approximate surface area is 83.8 Å². The highest BCUT2D eigenvalue weighted by Crippen LogP contribution is 2.21. The molecule has 0 bridgehead atoms. The van der Waals surface area contributed by atoms with Crippen molar-refractivity contribution in [3.05, 3.63) is 36.5 Å². The smallest absolute Gasteiger partial charge is 0.305 e. The van der Waals surface area contributed by atoms with Crippen LogP contribution >= 0.6 is 0 Å². The number of carboxylic acid groups (broad SMARTS) is 1. The van der Waals surface area contributed by atoms with Crippen LogP contribution in [0.3, 0.4) is 0 Å². The number of rotatable bonds is 4. The first-order valence-corrected chi connectivity index (χ1v) is 4.62. The molecule has 1 heterocycles. The van der Waals surface area contributed by atoms with Crippen molar-refractivity contribution >= 4 is 5.97 Å². The molecule has 0 fully saturated rings. The van der Waals surface area contributed by atoms with Crippen LogP contribution in [0.2, 0.25) is 0 Å². The fourth-order valence-corrected chi connectivity index (χ4v) is 1.71. The Morgan fingerprint density at radius 1 is 1.57 bits per heavy atom. The van der Waals surface area contributed by atoms with Gasteiger partial charge in [-0.15, -0.1) is 0 Å². The van der Waals surface area contributed by atoms with Crippen LogP contribution in [0.1, 0.15) is 12.8 Å². The van der Waals surface area contributed by atoms with Crippen molar-refractivity contribution in [2.45, 2.75) is 18.9 Å². The van der Waals surface area contributed by atoms with E-state index in [9.17, 15) is 4.79 Å². The van der Waals surface area contributed by atoms with Gasteiger partial charge in [-0.1, -0.05) is 25.3 Å². The summed E-state index contributed by atoms with van der Waals surface area (Å²) in [5.74, 6) is -0.799. The lowest BCUT2D eigenvalue weighted by molar-refractivity contribution is -0.137. The summed E-state index contributed by atoms with van der Waals surface area (Å²) in [7, 11) is 0. The van der Waals surface area contributed by atoms with Gasteiger partial charge in [-0.3, -0.25) is 4.79 Å². The van der Waals surface area contributed by atoms with Crippen LogP contribution in [0.15, 0.2) is 36.5 Å². The highest BCUT2D eigenvalue weighted by atomic mass is 16.4. The quantitative estimate of drug-likeness (QED) is 0.711. The Kier molecular flexibility index (Phi) is 3.65. The summed E-state index contributed by atoms with van der Waals surface area (Å²) in [6.07, 6.45) is 4.49. The summed E-state index contributed by atoms with van der Waals surface area (Å²) in [6, 6.07) is -0.119. The summed E-state index contributed by atoms with van der Waals surface area (Å²) >= 11 is 0. The molecule has 0 aromatic heterocycles. The second-order valence-corrected chi connectivity index (χ2v) is 3.24. The van der Waals surface area contributed by atoms with Crippen molar-refractivity contribution in [3.63, 3.8) is 0 Å². The van der Waals surface area contributed by atoms with Crippen LogP contribution in [0.4, 0.5) is 0 Å². The zero-order valence-electron chi connectivity index (χ0n) is 8.12. The fraction of sp³-hybridized carbons (Fsp3) is 0.364. The molecule has 1 aliphatic heterocycles. The van der Waals surface area contributed by atoms with E-state index in [2.05, 4.69) is 18.5 Å². The standard InChI is InChI=1S/C11H15NO2/c1-3-8-5-6-12-10(7-11(13)14)9(8)4-2/h3-4,10,12H,1-2,5-7H2,(H,13,14). The molecule has 0 radical (unpaired) electrons. The van der Waals surface area contributed by atoms with E-state index < -0.39 is 5.97 Å². The molecule has 0 saturated heterocycles. The van der Waals surface area contributed by atoms with Crippen molar-refractivity contribution in [2.24, 2.45) is 0 Å². The maximum atomic E-state index is 10.6. The maximum Gasteiger partial charge on any atom is 0.305 e. The maximum absolute atomic E-state index is 10.6. The van der Waals surface area contributed by atoms with Gasteiger partial charge in [0.15, 0.2) is 0 Å². The van der Waals surface area contributed by atoms with Crippen molar-refractivity contribution in [1.29, 1.82) is 0 Å². The van der Waals surface area contributed by atoms with Crippen LogP contribution < -0.4 is 5.32 Å². The number of hydrogen-bond donors (Lipinski definition) is 2. The van der Waals surface area contributed by atoms with E-state index in [-0.39, 0.29) is 12.5 Å². The molecule has 0 amide bonds. The van der Waals surface area contributed by atoms with Crippen molar-refractivity contribution in [2.75, 3.05) is 6.54 Å². The highest BCUT2D eigenvalue weighted by molar-refractivity contribution is 5.68. The fourth-order valence-electron chi connectivity index (χ4n) is 1.71. The highest BCUT2D eigenvalue weighted by Gasteiger charge is 2.21. The summed E-state index contributed by atoms with van der Waals surface area (Å²) in [6.45, 7) is 8.22. The average molecular weight is 193 g/mol. The minimum atomic E-state index is -0.799. The van der Waals surface area contributed by atoms with Gasteiger partial charge < -0.3 is 10.4 Å². The second kappa shape index (κ2) is 4.77. The lowest BCUT2D eigenvalue weighted by atomic mass is 9.92. The summed E-state index contributed by atoms with van der Waals surface area (Å²) in [5, 5.41) is 11.9. The lowest BCUT2D eigenvalue weighted by Gasteiger charge is -2.25. The van der Waals surface area contributed by atoms with Crippen molar-refractivity contribution < 1.29 is 9.90 Å². The predicted octanol–water partition coefficient (Wildman–Crippen LogP) is 1.49. The molecule has 1 aliphatic rings. The minimum absolute atomic E-state index is 0.0959. The summed E-state index contributed by atoms with van der Waals surface area (Å²) in [4.78, 5) is 10.6. The Bertz CT molecular complexity index is 292. The molecule has 0 aromatic rings. The number of carboxylic acids is 1. The van der Waals surface area contributed by atoms with Crippen LogP contribution in [-0.2, 0) is 4.79 Å². The molecule has 1 unspecified atom stereocenters. The Balaban J connectivity index is 2.89. The van der Waals surface area contributed by atoms with Gasteiger partial charge in [0.25, 0.3) is 0 Å². The number of nitrogens with one attached hydrogen (secondary N) is 1. The van der Waals surface area contributed by atoms with Crippen LogP contribution in [0.5, 0.6) is 0 Å². The Hall–Kier alpha value is -1.35. The molecule has 2 N–H and O–H groups in total. The Morgan fingerprint density at radius 2 is 2.29 bits per heavy atom. The predicted molar refractivity (Wildman–Crippen MR) is 56.1 cm³/mol. The summed E-state index contributed by atoms with van der Waals surface area (Å²) in [5.41, 5.74) is 2.07.